The van der Waals surface area contributed by atoms with Crippen molar-refractivity contribution in [3.63, 3.8) is 0 Å². The zero-order chi connectivity index (χ0) is 20.4. The summed E-state index contributed by atoms with van der Waals surface area (Å²) < 4.78 is 29.6. The Bertz CT molecular complexity index is 735. The second-order valence-corrected chi connectivity index (χ2v) is 10.1. The fourth-order valence-corrected chi connectivity index (χ4v) is 6.74. The van der Waals surface area contributed by atoms with Crippen molar-refractivity contribution in [1.82, 2.24) is 0 Å². The molecule has 3 aliphatic carbocycles. The number of benzene rings is 1. The molecule has 29 heavy (non-hydrogen) atoms. The quantitative estimate of drug-likeness (QED) is 0.442. The van der Waals surface area contributed by atoms with Gasteiger partial charge in [-0.25, -0.2) is 8.78 Å². The van der Waals surface area contributed by atoms with E-state index in [-0.39, 0.29) is 0 Å². The Morgan fingerprint density at radius 2 is 1.66 bits per heavy atom. The highest BCUT2D eigenvalue weighted by Gasteiger charge is 2.38. The molecule has 0 aromatic heterocycles. The molecule has 2 fully saturated rings. The number of hydrogen-bond acceptors (Lipinski definition) is 0. The van der Waals surface area contributed by atoms with E-state index in [0.717, 1.165) is 54.9 Å². The van der Waals surface area contributed by atoms with Gasteiger partial charge in [-0.3, -0.25) is 0 Å². The van der Waals surface area contributed by atoms with Crippen molar-refractivity contribution in [2.24, 2.45) is 29.6 Å². The average molecular weight is 401 g/mol. The Morgan fingerprint density at radius 1 is 0.931 bits per heavy atom. The van der Waals surface area contributed by atoms with E-state index in [9.17, 15) is 8.78 Å². The van der Waals surface area contributed by atoms with Crippen LogP contribution in [0.15, 0.2) is 18.2 Å². The molecule has 2 heteroatoms. The van der Waals surface area contributed by atoms with E-state index in [1.165, 1.54) is 44.9 Å². The van der Waals surface area contributed by atoms with Gasteiger partial charge in [-0.2, -0.15) is 0 Å². The van der Waals surface area contributed by atoms with Gasteiger partial charge in [-0.05, 0) is 117 Å². The molecule has 0 amide bonds. The second-order valence-electron chi connectivity index (χ2n) is 10.1. The van der Waals surface area contributed by atoms with Crippen LogP contribution in [0.3, 0.4) is 0 Å². The first kappa shape index (κ1) is 21.1. The molecule has 0 nitrogen and oxygen atoms in total. The van der Waals surface area contributed by atoms with Crippen LogP contribution in [0, 0.1) is 41.2 Å². The number of rotatable bonds is 5. The Balaban J connectivity index is 1.43. The summed E-state index contributed by atoms with van der Waals surface area (Å²) in [6.07, 6.45) is 17.8. The number of allylic oxidation sites excluding steroid dienone is 2. The summed E-state index contributed by atoms with van der Waals surface area (Å²) in [5.41, 5.74) is 2.34. The van der Waals surface area contributed by atoms with Crippen molar-refractivity contribution in [3.8, 4) is 0 Å². The van der Waals surface area contributed by atoms with Gasteiger partial charge in [-0.1, -0.05) is 38.0 Å². The second kappa shape index (κ2) is 9.31. The van der Waals surface area contributed by atoms with Crippen LogP contribution in [0.25, 0.3) is 0 Å². The summed E-state index contributed by atoms with van der Waals surface area (Å²) in [6, 6.07) is 1.97. The lowest BCUT2D eigenvalue weighted by molar-refractivity contribution is 0.0705. The molecule has 3 aliphatic rings. The first-order chi connectivity index (χ1) is 14.1. The minimum Gasteiger partial charge on any atom is -0.203 e. The van der Waals surface area contributed by atoms with E-state index in [0.29, 0.717) is 23.5 Å². The molecule has 160 valence electrons. The predicted molar refractivity (Wildman–Crippen MR) is 117 cm³/mol. The summed E-state index contributed by atoms with van der Waals surface area (Å²) in [7, 11) is 0. The largest absolute Gasteiger partial charge is 0.203 e. The van der Waals surface area contributed by atoms with Crippen LogP contribution >= 0.6 is 0 Å². The van der Waals surface area contributed by atoms with E-state index in [1.54, 1.807) is 0 Å². The van der Waals surface area contributed by atoms with Gasteiger partial charge in [0.15, 0.2) is 11.6 Å². The average Bonchev–Trinajstić information content (AvgIpc) is 2.76. The minimum atomic E-state index is -0.588. The van der Waals surface area contributed by atoms with Crippen molar-refractivity contribution in [2.75, 3.05) is 0 Å². The summed E-state index contributed by atoms with van der Waals surface area (Å²) in [5, 5.41) is 0. The predicted octanol–water partition coefficient (Wildman–Crippen LogP) is 7.82. The fourth-order valence-electron chi connectivity index (χ4n) is 6.74. The summed E-state index contributed by atoms with van der Waals surface area (Å²) in [4.78, 5) is 0. The first-order valence-electron chi connectivity index (χ1n) is 12.2. The maximum Gasteiger partial charge on any atom is 0.162 e. The maximum atomic E-state index is 15.0. The summed E-state index contributed by atoms with van der Waals surface area (Å²) in [5.74, 6) is 2.93. The minimum absolute atomic E-state index is 0.542. The number of fused-ring (bicyclic) bond motifs is 2. The van der Waals surface area contributed by atoms with Gasteiger partial charge in [-0.15, -0.1) is 0 Å². The van der Waals surface area contributed by atoms with Gasteiger partial charge in [0, 0.05) is 0 Å². The van der Waals surface area contributed by atoms with E-state index in [4.69, 9.17) is 0 Å². The smallest absolute Gasteiger partial charge is 0.162 e. The van der Waals surface area contributed by atoms with Gasteiger partial charge in [0.1, 0.15) is 0 Å². The Labute approximate surface area is 176 Å². The third-order valence-corrected chi connectivity index (χ3v) is 8.55. The van der Waals surface area contributed by atoms with Crippen molar-refractivity contribution >= 4 is 0 Å². The molecule has 1 aromatic rings. The molecule has 0 aliphatic heterocycles. The lowest BCUT2D eigenvalue weighted by Crippen LogP contribution is -2.35. The monoisotopic (exact) mass is 400 g/mol. The van der Waals surface area contributed by atoms with Crippen LogP contribution in [0.1, 0.15) is 88.3 Å². The Morgan fingerprint density at radius 3 is 2.41 bits per heavy atom. The van der Waals surface area contributed by atoms with Crippen LogP contribution in [-0.4, -0.2) is 0 Å². The van der Waals surface area contributed by atoms with Crippen LogP contribution in [0.2, 0.25) is 0 Å². The molecule has 0 heterocycles. The van der Waals surface area contributed by atoms with Gasteiger partial charge < -0.3 is 0 Å². The van der Waals surface area contributed by atoms with E-state index >= 15 is 0 Å². The highest BCUT2D eigenvalue weighted by atomic mass is 19.2. The molecular weight excluding hydrogens is 362 g/mol. The van der Waals surface area contributed by atoms with Crippen molar-refractivity contribution in [3.05, 3.63) is 46.5 Å². The van der Waals surface area contributed by atoms with Crippen LogP contribution in [0.5, 0.6) is 0 Å². The zero-order valence-corrected chi connectivity index (χ0v) is 18.4. The first-order valence-corrected chi connectivity index (χ1v) is 12.2. The third kappa shape index (κ3) is 4.47. The normalized spacial score (nSPS) is 32.2. The van der Waals surface area contributed by atoms with Crippen LogP contribution in [-0.2, 0) is 19.3 Å². The van der Waals surface area contributed by atoms with E-state index in [1.807, 2.05) is 25.1 Å². The fraction of sp³-hybridized carbons (Fsp3) is 0.704. The van der Waals surface area contributed by atoms with Gasteiger partial charge >= 0.3 is 0 Å². The van der Waals surface area contributed by atoms with Crippen molar-refractivity contribution < 1.29 is 8.78 Å². The summed E-state index contributed by atoms with van der Waals surface area (Å²) >= 11 is 0. The lowest BCUT2D eigenvalue weighted by Gasteiger charge is -2.45. The maximum absolute atomic E-state index is 15.0. The van der Waals surface area contributed by atoms with Crippen LogP contribution < -0.4 is 0 Å². The molecule has 5 atom stereocenters. The molecule has 0 bridgehead atoms. The SMILES string of the molecule is C/C=C/CCc1cc2c(c(F)c1F)CC(C1CCC3CC(CC)CCC3C1)CC2. The standard InChI is InChI=1S/C27H38F2/c1-3-5-6-7-24-16-23-13-12-22(17-25(23)27(29)26(24)28)21-11-10-19-14-18(4-2)8-9-20(19)15-21/h3,5,16,18-22H,4,6-15,17H2,1-2H3/b5-3+. The summed E-state index contributed by atoms with van der Waals surface area (Å²) in [6.45, 7) is 4.31. The molecule has 1 aromatic carbocycles. The lowest BCUT2D eigenvalue weighted by atomic mass is 9.61. The van der Waals surface area contributed by atoms with E-state index < -0.39 is 11.6 Å². The van der Waals surface area contributed by atoms with Gasteiger partial charge in [0.25, 0.3) is 0 Å². The molecular formula is C27H38F2. The molecule has 0 spiro atoms. The highest BCUT2D eigenvalue weighted by molar-refractivity contribution is 5.37. The molecule has 5 unspecified atom stereocenters. The van der Waals surface area contributed by atoms with Crippen molar-refractivity contribution in [2.45, 2.75) is 90.9 Å². The Kier molecular flexibility index (Phi) is 6.76. The van der Waals surface area contributed by atoms with Crippen molar-refractivity contribution in [1.29, 1.82) is 0 Å². The van der Waals surface area contributed by atoms with Crippen LogP contribution in [0.4, 0.5) is 8.78 Å². The Hall–Kier alpha value is -1.18. The van der Waals surface area contributed by atoms with Gasteiger partial charge in [0.05, 0.1) is 0 Å². The van der Waals surface area contributed by atoms with E-state index in [2.05, 4.69) is 6.92 Å². The molecule has 0 saturated heterocycles. The number of hydrogen-bond donors (Lipinski definition) is 0. The third-order valence-electron chi connectivity index (χ3n) is 8.55. The zero-order valence-electron chi connectivity index (χ0n) is 18.4. The molecule has 4 rings (SSSR count). The van der Waals surface area contributed by atoms with Gasteiger partial charge in [0.2, 0.25) is 0 Å². The number of aryl methyl sites for hydroxylation is 2. The molecule has 0 N–H and O–H groups in total. The highest BCUT2D eigenvalue weighted by Crippen LogP contribution is 2.49. The topological polar surface area (TPSA) is 0 Å². The number of halogens is 2. The molecule has 2 saturated carbocycles. The molecule has 0 radical (unpaired) electrons.